The third-order valence-electron chi connectivity index (χ3n) is 2.74. The molecule has 0 fully saturated rings. The number of carbonyl (C=O) groups is 1. The highest BCUT2D eigenvalue weighted by molar-refractivity contribution is 6.03. The number of hydrogen-bond acceptors (Lipinski definition) is 4. The van der Waals surface area contributed by atoms with Crippen LogP contribution in [0.3, 0.4) is 0 Å². The van der Waals surface area contributed by atoms with E-state index < -0.39 is 0 Å². The first kappa shape index (κ1) is 10.6. The lowest BCUT2D eigenvalue weighted by molar-refractivity contribution is 0.0994. The van der Waals surface area contributed by atoms with Crippen LogP contribution in [0.1, 0.15) is 15.9 Å². The van der Waals surface area contributed by atoms with Crippen molar-refractivity contribution in [3.05, 3.63) is 60.4 Å². The van der Waals surface area contributed by atoms with Crippen LogP contribution in [0.15, 0.2) is 49.3 Å². The molecule has 0 N–H and O–H groups in total. The molecule has 88 valence electrons. The Labute approximate surface area is 103 Å². The van der Waals surface area contributed by atoms with Gasteiger partial charge in [0.2, 0.25) is 0 Å². The average Bonchev–Trinajstić information content (AvgIpc) is 2.84. The van der Waals surface area contributed by atoms with Gasteiger partial charge in [-0.25, -0.2) is 4.52 Å². The van der Waals surface area contributed by atoms with Gasteiger partial charge < -0.3 is 0 Å². The van der Waals surface area contributed by atoms with Crippen LogP contribution < -0.4 is 0 Å². The molecule has 0 spiro atoms. The highest BCUT2D eigenvalue weighted by Gasteiger charge is 2.12. The molecular weight excluding hydrogens is 228 g/mol. The van der Waals surface area contributed by atoms with Crippen molar-refractivity contribution in [1.82, 2.24) is 19.6 Å². The summed E-state index contributed by atoms with van der Waals surface area (Å²) in [5.74, 6) is 0.0317. The fraction of sp³-hybridized carbons (Fsp3) is 0.0769. The second-order valence-corrected chi connectivity index (χ2v) is 3.92. The van der Waals surface area contributed by atoms with E-state index in [0.717, 1.165) is 11.1 Å². The second-order valence-electron chi connectivity index (χ2n) is 3.92. The van der Waals surface area contributed by atoms with Crippen molar-refractivity contribution >= 4 is 11.3 Å². The number of hydrogen-bond donors (Lipinski definition) is 0. The Morgan fingerprint density at radius 2 is 1.94 bits per heavy atom. The van der Waals surface area contributed by atoms with Gasteiger partial charge in [0.25, 0.3) is 0 Å². The van der Waals surface area contributed by atoms with Crippen LogP contribution in [0, 0.1) is 0 Å². The van der Waals surface area contributed by atoms with Crippen molar-refractivity contribution in [2.24, 2.45) is 0 Å². The highest BCUT2D eigenvalue weighted by atomic mass is 16.1. The standard InChI is InChI=1S/C13H10N4O/c18-13(7-10-1-3-14-4-2-10)11-8-16-17-6-5-15-9-12(11)17/h1-6,8-9H,7H2. The fourth-order valence-electron chi connectivity index (χ4n) is 1.83. The van der Waals surface area contributed by atoms with Gasteiger partial charge in [0.1, 0.15) is 0 Å². The maximum atomic E-state index is 12.2. The van der Waals surface area contributed by atoms with Crippen LogP contribution in [-0.4, -0.2) is 25.4 Å². The van der Waals surface area contributed by atoms with E-state index in [-0.39, 0.29) is 5.78 Å². The van der Waals surface area contributed by atoms with E-state index in [2.05, 4.69) is 15.1 Å². The van der Waals surface area contributed by atoms with Gasteiger partial charge in [0.15, 0.2) is 5.78 Å². The number of carbonyl (C=O) groups excluding carboxylic acids is 1. The third kappa shape index (κ3) is 1.86. The molecular formula is C13H10N4O. The number of rotatable bonds is 3. The minimum Gasteiger partial charge on any atom is -0.294 e. The molecule has 3 aromatic heterocycles. The SMILES string of the molecule is O=C(Cc1ccncc1)c1cnn2ccncc12. The molecule has 0 aliphatic heterocycles. The van der Waals surface area contributed by atoms with Crippen molar-refractivity contribution in [1.29, 1.82) is 0 Å². The Hall–Kier alpha value is -2.56. The molecule has 0 radical (unpaired) electrons. The van der Waals surface area contributed by atoms with Gasteiger partial charge in [-0.1, -0.05) is 0 Å². The van der Waals surface area contributed by atoms with E-state index in [1.807, 2.05) is 12.1 Å². The Balaban J connectivity index is 1.93. The first-order chi connectivity index (χ1) is 8.84. The summed E-state index contributed by atoms with van der Waals surface area (Å²) in [4.78, 5) is 20.1. The molecule has 0 aliphatic rings. The number of pyridine rings is 1. The van der Waals surface area contributed by atoms with Gasteiger partial charge in [0.05, 0.1) is 23.5 Å². The number of nitrogens with zero attached hydrogens (tertiary/aromatic N) is 4. The Morgan fingerprint density at radius 3 is 2.78 bits per heavy atom. The summed E-state index contributed by atoms with van der Waals surface area (Å²) in [7, 11) is 0. The predicted octanol–water partition coefficient (Wildman–Crippen LogP) is 1.55. The van der Waals surface area contributed by atoms with Gasteiger partial charge >= 0.3 is 0 Å². The maximum absolute atomic E-state index is 12.2. The maximum Gasteiger partial charge on any atom is 0.171 e. The zero-order valence-electron chi connectivity index (χ0n) is 9.52. The fourth-order valence-corrected chi connectivity index (χ4v) is 1.83. The minimum atomic E-state index is 0.0317. The Bertz CT molecular complexity index is 690. The predicted molar refractivity (Wildman–Crippen MR) is 65.3 cm³/mol. The second kappa shape index (κ2) is 4.37. The lowest BCUT2D eigenvalue weighted by Gasteiger charge is -1.99. The van der Waals surface area contributed by atoms with Crippen LogP contribution >= 0.6 is 0 Å². The number of ketones is 1. The van der Waals surface area contributed by atoms with E-state index in [0.29, 0.717) is 12.0 Å². The first-order valence-corrected chi connectivity index (χ1v) is 5.54. The Kier molecular flexibility index (Phi) is 2.57. The number of fused-ring (bicyclic) bond motifs is 1. The lowest BCUT2D eigenvalue weighted by atomic mass is 10.1. The zero-order chi connectivity index (χ0) is 12.4. The number of aromatic nitrogens is 4. The zero-order valence-corrected chi connectivity index (χ0v) is 9.52. The van der Waals surface area contributed by atoms with Gasteiger partial charge in [-0.3, -0.25) is 14.8 Å². The van der Waals surface area contributed by atoms with Crippen molar-refractivity contribution < 1.29 is 4.79 Å². The summed E-state index contributed by atoms with van der Waals surface area (Å²) in [6, 6.07) is 3.67. The molecule has 0 saturated carbocycles. The molecule has 5 heteroatoms. The van der Waals surface area contributed by atoms with Crippen molar-refractivity contribution in [2.45, 2.75) is 6.42 Å². The van der Waals surface area contributed by atoms with E-state index in [4.69, 9.17) is 0 Å². The Morgan fingerprint density at radius 1 is 1.11 bits per heavy atom. The van der Waals surface area contributed by atoms with Crippen molar-refractivity contribution in [3.8, 4) is 0 Å². The summed E-state index contributed by atoms with van der Waals surface area (Å²) in [5, 5.41) is 4.12. The van der Waals surface area contributed by atoms with E-state index in [1.165, 1.54) is 0 Å². The molecule has 3 heterocycles. The molecule has 18 heavy (non-hydrogen) atoms. The highest BCUT2D eigenvalue weighted by Crippen LogP contribution is 2.12. The van der Waals surface area contributed by atoms with Crippen LogP contribution in [-0.2, 0) is 6.42 Å². The van der Waals surface area contributed by atoms with Gasteiger partial charge in [-0.05, 0) is 17.7 Å². The summed E-state index contributed by atoms with van der Waals surface area (Å²) >= 11 is 0. The molecule has 5 nitrogen and oxygen atoms in total. The van der Waals surface area contributed by atoms with Crippen LogP contribution in [0.25, 0.3) is 5.52 Å². The summed E-state index contributed by atoms with van der Waals surface area (Å²) < 4.78 is 1.65. The largest absolute Gasteiger partial charge is 0.294 e. The van der Waals surface area contributed by atoms with E-state index in [9.17, 15) is 4.79 Å². The average molecular weight is 238 g/mol. The molecule has 0 bridgehead atoms. The molecule has 3 aromatic rings. The molecule has 0 aromatic carbocycles. The molecule has 0 amide bonds. The first-order valence-electron chi connectivity index (χ1n) is 5.54. The quantitative estimate of drug-likeness (QED) is 0.649. The molecule has 3 rings (SSSR count). The molecule has 0 atom stereocenters. The number of Topliss-reactive ketones (excluding diaryl/α,β-unsaturated/α-hetero) is 1. The topological polar surface area (TPSA) is 60.2 Å². The summed E-state index contributed by atoms with van der Waals surface area (Å²) in [6.45, 7) is 0. The lowest BCUT2D eigenvalue weighted by Crippen LogP contribution is -2.03. The van der Waals surface area contributed by atoms with Crippen LogP contribution in [0.4, 0.5) is 0 Å². The minimum absolute atomic E-state index is 0.0317. The van der Waals surface area contributed by atoms with E-state index >= 15 is 0 Å². The molecule has 0 aliphatic carbocycles. The summed E-state index contributed by atoms with van der Waals surface area (Å²) in [5.41, 5.74) is 2.27. The normalized spacial score (nSPS) is 10.7. The van der Waals surface area contributed by atoms with Gasteiger partial charge in [0, 0.05) is 31.2 Å². The summed E-state index contributed by atoms with van der Waals surface area (Å²) in [6.07, 6.45) is 10.3. The molecule has 0 unspecified atom stereocenters. The smallest absolute Gasteiger partial charge is 0.171 e. The van der Waals surface area contributed by atoms with Crippen molar-refractivity contribution in [3.63, 3.8) is 0 Å². The van der Waals surface area contributed by atoms with Gasteiger partial charge in [-0.15, -0.1) is 0 Å². The monoisotopic (exact) mass is 238 g/mol. The van der Waals surface area contributed by atoms with Crippen LogP contribution in [0.2, 0.25) is 0 Å². The van der Waals surface area contributed by atoms with Crippen molar-refractivity contribution in [2.75, 3.05) is 0 Å². The van der Waals surface area contributed by atoms with Crippen LogP contribution in [0.5, 0.6) is 0 Å². The van der Waals surface area contributed by atoms with Gasteiger partial charge in [-0.2, -0.15) is 5.10 Å². The van der Waals surface area contributed by atoms with E-state index in [1.54, 1.807) is 41.7 Å². The molecule has 0 saturated heterocycles. The third-order valence-corrected chi connectivity index (χ3v) is 2.74.